The Morgan fingerprint density at radius 3 is 2.86 bits per heavy atom. The molecule has 1 atom stereocenters. The highest BCUT2D eigenvalue weighted by Gasteiger charge is 2.10. The summed E-state index contributed by atoms with van der Waals surface area (Å²) in [6, 6.07) is 0. The minimum Gasteiger partial charge on any atom is -0.200 e. The number of rotatable bonds is 0. The van der Waals surface area contributed by atoms with Gasteiger partial charge in [-0.25, -0.2) is 0 Å². The van der Waals surface area contributed by atoms with Crippen LogP contribution in [0.5, 0.6) is 0 Å². The molecule has 1 rings (SSSR count). The monoisotopic (exact) mass is 118 g/mol. The van der Waals surface area contributed by atoms with Crippen LogP contribution < -0.4 is 0 Å². The van der Waals surface area contributed by atoms with Crippen LogP contribution in [0.3, 0.4) is 0 Å². The maximum absolute atomic E-state index is 12.0. The van der Waals surface area contributed by atoms with E-state index in [4.69, 9.17) is 0 Å². The molecule has 0 spiro atoms. The van der Waals surface area contributed by atoms with Crippen molar-refractivity contribution in [1.29, 1.82) is 0 Å². The molecule has 0 fully saturated rings. The summed E-state index contributed by atoms with van der Waals surface area (Å²) in [5, 5.41) is 0.465. The molecule has 1 aliphatic heterocycles. The second-order valence-corrected chi connectivity index (χ2v) is 3.10. The molecule has 2 heteroatoms. The molecule has 0 bridgehead atoms. The maximum atomic E-state index is 12.0. The first kappa shape index (κ1) is 5.16. The minimum atomic E-state index is -0.00694. The zero-order chi connectivity index (χ0) is 5.28. The Kier molecular flexibility index (Phi) is 1.38. The van der Waals surface area contributed by atoms with Gasteiger partial charge in [0.2, 0.25) is 0 Å². The van der Waals surface area contributed by atoms with Gasteiger partial charge in [-0.2, -0.15) is 4.39 Å². The van der Waals surface area contributed by atoms with E-state index in [2.05, 4.69) is 0 Å². The van der Waals surface area contributed by atoms with Crippen molar-refractivity contribution in [2.75, 3.05) is 0 Å². The molecule has 0 radical (unpaired) electrons. The second-order valence-electron chi connectivity index (χ2n) is 1.67. The molecule has 40 valence electrons. The molecule has 0 amide bonds. The van der Waals surface area contributed by atoms with E-state index in [9.17, 15) is 4.39 Å². The topological polar surface area (TPSA) is 0 Å². The van der Waals surface area contributed by atoms with Gasteiger partial charge in [0.05, 0.1) is 0 Å². The van der Waals surface area contributed by atoms with Crippen LogP contribution in [-0.2, 0) is 0 Å². The number of hydrogen-bond acceptors (Lipinski definition) is 1. The fourth-order valence-electron chi connectivity index (χ4n) is 0.547. The molecular formula is C5H7FS. The summed E-state index contributed by atoms with van der Waals surface area (Å²) in [6.07, 6.45) is 2.53. The van der Waals surface area contributed by atoms with Crippen molar-refractivity contribution in [3.8, 4) is 0 Å². The number of thioether (sulfide) groups is 1. The van der Waals surface area contributed by atoms with Gasteiger partial charge in [0.1, 0.15) is 0 Å². The number of hydrogen-bond donors (Lipinski definition) is 0. The van der Waals surface area contributed by atoms with E-state index in [-0.39, 0.29) is 5.16 Å². The van der Waals surface area contributed by atoms with Gasteiger partial charge < -0.3 is 0 Å². The van der Waals surface area contributed by atoms with Crippen molar-refractivity contribution in [3.63, 3.8) is 0 Å². The normalized spacial score (nSPS) is 30.6. The SMILES string of the molecule is CC1CC=C(F)S1. The predicted molar refractivity (Wildman–Crippen MR) is 30.9 cm³/mol. The molecule has 1 unspecified atom stereocenters. The predicted octanol–water partition coefficient (Wildman–Crippen LogP) is 2.32. The Hall–Kier alpha value is 0.0200. The zero-order valence-corrected chi connectivity index (χ0v) is 4.96. The lowest BCUT2D eigenvalue weighted by Gasteiger charge is -1.92. The molecule has 0 N–H and O–H groups in total. The fraction of sp³-hybridized carbons (Fsp3) is 0.600. The molecule has 0 aliphatic carbocycles. The van der Waals surface area contributed by atoms with Crippen LogP contribution >= 0.6 is 11.8 Å². The van der Waals surface area contributed by atoms with Crippen molar-refractivity contribution in [2.24, 2.45) is 0 Å². The van der Waals surface area contributed by atoms with Crippen molar-refractivity contribution in [3.05, 3.63) is 11.2 Å². The summed E-state index contributed by atoms with van der Waals surface area (Å²) >= 11 is 1.31. The van der Waals surface area contributed by atoms with Gasteiger partial charge in [-0.15, -0.1) is 0 Å². The Morgan fingerprint density at radius 1 is 2.00 bits per heavy atom. The highest BCUT2D eigenvalue weighted by molar-refractivity contribution is 8.03. The van der Waals surface area contributed by atoms with Crippen molar-refractivity contribution >= 4 is 11.8 Å². The molecular weight excluding hydrogens is 111 g/mol. The molecule has 0 aromatic carbocycles. The summed E-state index contributed by atoms with van der Waals surface area (Å²) in [5.41, 5.74) is 0. The smallest absolute Gasteiger partial charge is 0.152 e. The van der Waals surface area contributed by atoms with Crippen LogP contribution in [0.25, 0.3) is 0 Å². The van der Waals surface area contributed by atoms with Crippen molar-refractivity contribution < 1.29 is 4.39 Å². The van der Waals surface area contributed by atoms with Crippen molar-refractivity contribution in [2.45, 2.75) is 18.6 Å². The molecule has 0 nitrogen and oxygen atoms in total. The lowest BCUT2D eigenvalue weighted by atomic mass is 10.3. The Labute approximate surface area is 46.8 Å². The van der Waals surface area contributed by atoms with E-state index in [1.807, 2.05) is 6.92 Å². The molecule has 1 heterocycles. The zero-order valence-electron chi connectivity index (χ0n) is 4.15. The quantitative estimate of drug-likeness (QED) is 0.470. The summed E-state index contributed by atoms with van der Waals surface area (Å²) in [7, 11) is 0. The van der Waals surface area contributed by atoms with Crippen LogP contribution in [0, 0.1) is 0 Å². The van der Waals surface area contributed by atoms with Gasteiger partial charge >= 0.3 is 0 Å². The van der Waals surface area contributed by atoms with Gasteiger partial charge in [-0.1, -0.05) is 18.7 Å². The average Bonchev–Trinajstić information content (AvgIpc) is 1.87. The van der Waals surface area contributed by atoms with E-state index in [0.29, 0.717) is 5.25 Å². The van der Waals surface area contributed by atoms with Gasteiger partial charge in [0.15, 0.2) is 5.16 Å². The maximum Gasteiger partial charge on any atom is 0.152 e. The summed E-state index contributed by atoms with van der Waals surface area (Å²) < 4.78 is 12.0. The van der Waals surface area contributed by atoms with E-state index in [1.165, 1.54) is 11.8 Å². The largest absolute Gasteiger partial charge is 0.200 e. The first-order chi connectivity index (χ1) is 3.29. The fourth-order valence-corrected chi connectivity index (χ4v) is 1.32. The van der Waals surface area contributed by atoms with Crippen LogP contribution in [0.2, 0.25) is 0 Å². The van der Waals surface area contributed by atoms with Crippen LogP contribution in [0.15, 0.2) is 11.2 Å². The highest BCUT2D eigenvalue weighted by Crippen LogP contribution is 2.31. The third-order valence-electron chi connectivity index (χ3n) is 0.924. The molecule has 0 saturated carbocycles. The van der Waals surface area contributed by atoms with Gasteiger partial charge in [-0.05, 0) is 12.5 Å². The third-order valence-corrected chi connectivity index (χ3v) is 1.91. The van der Waals surface area contributed by atoms with E-state index in [1.54, 1.807) is 6.08 Å². The molecule has 1 aliphatic rings. The Balaban J connectivity index is 2.42. The van der Waals surface area contributed by atoms with Crippen molar-refractivity contribution in [1.82, 2.24) is 0 Å². The van der Waals surface area contributed by atoms with E-state index >= 15 is 0 Å². The Morgan fingerprint density at radius 2 is 2.71 bits per heavy atom. The lowest BCUT2D eigenvalue weighted by Crippen LogP contribution is -1.83. The minimum absolute atomic E-state index is 0.00694. The van der Waals surface area contributed by atoms with E-state index < -0.39 is 0 Å². The van der Waals surface area contributed by atoms with Gasteiger partial charge in [-0.3, -0.25) is 0 Å². The molecule has 7 heavy (non-hydrogen) atoms. The number of halogens is 1. The molecule has 0 aromatic rings. The van der Waals surface area contributed by atoms with Crippen LogP contribution in [0.4, 0.5) is 4.39 Å². The Bertz CT molecular complexity index is 98.3. The highest BCUT2D eigenvalue weighted by atomic mass is 32.2. The summed E-state index contributed by atoms with van der Waals surface area (Å²) in [6.45, 7) is 2.02. The summed E-state index contributed by atoms with van der Waals surface area (Å²) in [5.74, 6) is 0. The average molecular weight is 118 g/mol. The molecule has 0 aromatic heterocycles. The van der Waals surface area contributed by atoms with Gasteiger partial charge in [0.25, 0.3) is 0 Å². The van der Waals surface area contributed by atoms with Crippen LogP contribution in [0.1, 0.15) is 13.3 Å². The van der Waals surface area contributed by atoms with Gasteiger partial charge in [0, 0.05) is 5.25 Å². The first-order valence-electron chi connectivity index (χ1n) is 2.31. The standard InChI is InChI=1S/C5H7FS/c1-4-2-3-5(6)7-4/h3-4H,2H2,1H3. The lowest BCUT2D eigenvalue weighted by molar-refractivity contribution is 0.699. The molecule has 0 saturated heterocycles. The summed E-state index contributed by atoms with van der Waals surface area (Å²) in [4.78, 5) is 0. The van der Waals surface area contributed by atoms with E-state index in [0.717, 1.165) is 6.42 Å². The second kappa shape index (κ2) is 1.86. The first-order valence-corrected chi connectivity index (χ1v) is 3.19. The van der Waals surface area contributed by atoms with Crippen LogP contribution in [-0.4, -0.2) is 5.25 Å². The number of allylic oxidation sites excluding steroid dienone is 1. The third kappa shape index (κ3) is 1.20.